The Bertz CT molecular complexity index is 262. The molecule has 0 fully saturated rings. The molecule has 1 heterocycles. The van der Waals surface area contributed by atoms with Gasteiger partial charge in [-0.25, -0.2) is 14.2 Å². The highest BCUT2D eigenvalue weighted by Gasteiger charge is 2.21. The lowest BCUT2D eigenvalue weighted by molar-refractivity contribution is -0.129. The van der Waals surface area contributed by atoms with Crippen LogP contribution in [-0.2, 0) is 9.53 Å². The van der Waals surface area contributed by atoms with E-state index in [1.807, 2.05) is 0 Å². The van der Waals surface area contributed by atoms with E-state index in [9.17, 15) is 9.18 Å². The lowest BCUT2D eigenvalue weighted by atomic mass is 10.4. The van der Waals surface area contributed by atoms with Crippen LogP contribution in [0.25, 0.3) is 0 Å². The fourth-order valence-corrected chi connectivity index (χ4v) is 0.707. The number of carboxylic acid groups (broad SMARTS) is 1. The zero-order valence-corrected chi connectivity index (χ0v) is 6.24. The fraction of sp³-hybridized carbons (Fsp3) is 0.333. The van der Waals surface area contributed by atoms with Crippen LogP contribution in [0.5, 0.6) is 0 Å². The zero-order chi connectivity index (χ0) is 9.14. The van der Waals surface area contributed by atoms with Gasteiger partial charge in [-0.1, -0.05) is 0 Å². The molecule has 1 unspecified atom stereocenters. The second-order valence-corrected chi connectivity index (χ2v) is 2.04. The highest BCUT2D eigenvalue weighted by molar-refractivity contribution is 6.34. The first-order valence-corrected chi connectivity index (χ1v) is 3.11. The third-order valence-electron chi connectivity index (χ3n) is 1.25. The molecule has 1 aliphatic rings. The van der Waals surface area contributed by atoms with Gasteiger partial charge in [0, 0.05) is 13.3 Å². The Hall–Kier alpha value is -1.43. The molecule has 0 amide bonds. The number of nitrogens with zero attached hydrogens (tertiary/aromatic N) is 1. The fourth-order valence-electron chi connectivity index (χ4n) is 0.707. The molecular formula is C6H7FN2O3. The molecule has 1 aliphatic heterocycles. The maximum atomic E-state index is 12.7. The van der Waals surface area contributed by atoms with E-state index < -0.39 is 18.0 Å². The van der Waals surface area contributed by atoms with Crippen molar-refractivity contribution in [2.45, 2.75) is 6.23 Å². The monoisotopic (exact) mass is 174 g/mol. The minimum absolute atomic E-state index is 0.330. The molecule has 12 heavy (non-hydrogen) atoms. The molecule has 2 N–H and O–H groups in total. The molecule has 0 aromatic heterocycles. The molecule has 1 atom stereocenters. The highest BCUT2D eigenvalue weighted by atomic mass is 19.1. The summed E-state index contributed by atoms with van der Waals surface area (Å²) >= 11 is 0. The molecule has 0 saturated carbocycles. The summed E-state index contributed by atoms with van der Waals surface area (Å²) in [7, 11) is 1.24. The summed E-state index contributed by atoms with van der Waals surface area (Å²) in [4.78, 5) is 13.7. The van der Waals surface area contributed by atoms with Crippen LogP contribution in [0.1, 0.15) is 0 Å². The molecule has 0 spiro atoms. The average Bonchev–Trinajstić information content (AvgIpc) is 2.05. The van der Waals surface area contributed by atoms with E-state index >= 15 is 0 Å². The van der Waals surface area contributed by atoms with E-state index in [2.05, 4.69) is 15.0 Å². The molecule has 1 rings (SSSR count). The Kier molecular flexibility index (Phi) is 2.39. The first-order valence-electron chi connectivity index (χ1n) is 3.11. The SMILES string of the molecule is COC1N=C(C(=O)O)NC=C1F. The van der Waals surface area contributed by atoms with Crippen LogP contribution in [0.2, 0.25) is 0 Å². The average molecular weight is 174 g/mol. The Morgan fingerprint density at radius 3 is 3.08 bits per heavy atom. The number of carbonyl (C=O) groups is 1. The van der Waals surface area contributed by atoms with Gasteiger partial charge in [0.15, 0.2) is 5.83 Å². The van der Waals surface area contributed by atoms with Crippen LogP contribution in [-0.4, -0.2) is 30.2 Å². The normalized spacial score (nSPS) is 22.3. The molecular weight excluding hydrogens is 167 g/mol. The van der Waals surface area contributed by atoms with Gasteiger partial charge in [0.25, 0.3) is 0 Å². The number of amidine groups is 1. The van der Waals surface area contributed by atoms with Crippen LogP contribution in [0, 0.1) is 0 Å². The Labute approximate surface area is 67.5 Å². The van der Waals surface area contributed by atoms with E-state index in [1.54, 1.807) is 0 Å². The first kappa shape index (κ1) is 8.66. The summed E-state index contributed by atoms with van der Waals surface area (Å²) in [6, 6.07) is 0. The topological polar surface area (TPSA) is 70.9 Å². The molecule has 0 saturated heterocycles. The summed E-state index contributed by atoms with van der Waals surface area (Å²) in [5.41, 5.74) is 0. The van der Waals surface area contributed by atoms with E-state index in [4.69, 9.17) is 5.11 Å². The molecule has 66 valence electrons. The van der Waals surface area contributed by atoms with Crippen LogP contribution < -0.4 is 5.32 Å². The van der Waals surface area contributed by atoms with Crippen molar-refractivity contribution < 1.29 is 19.0 Å². The first-order chi connectivity index (χ1) is 5.65. The molecule has 0 aromatic rings. The number of ether oxygens (including phenoxy) is 1. The van der Waals surface area contributed by atoms with Gasteiger partial charge < -0.3 is 15.2 Å². The third kappa shape index (κ3) is 1.59. The smallest absolute Gasteiger partial charge is 0.371 e. The van der Waals surface area contributed by atoms with Crippen molar-refractivity contribution in [3.05, 3.63) is 12.0 Å². The van der Waals surface area contributed by atoms with Gasteiger partial charge in [0.2, 0.25) is 12.1 Å². The number of aliphatic carboxylic acids is 1. The summed E-state index contributed by atoms with van der Waals surface area (Å²) in [6.07, 6.45) is -0.234. The van der Waals surface area contributed by atoms with Crippen LogP contribution in [0.3, 0.4) is 0 Å². The van der Waals surface area contributed by atoms with Crippen molar-refractivity contribution in [1.29, 1.82) is 0 Å². The van der Waals surface area contributed by atoms with E-state index in [0.29, 0.717) is 0 Å². The van der Waals surface area contributed by atoms with Crippen molar-refractivity contribution >= 4 is 11.8 Å². The number of hydrogen-bond acceptors (Lipinski definition) is 4. The number of hydrogen-bond donors (Lipinski definition) is 2. The van der Waals surface area contributed by atoms with Crippen molar-refractivity contribution in [1.82, 2.24) is 5.32 Å². The summed E-state index contributed by atoms with van der Waals surface area (Å²) < 4.78 is 17.2. The quantitative estimate of drug-likeness (QED) is 0.611. The second kappa shape index (κ2) is 3.31. The predicted octanol–water partition coefficient (Wildman–Crippen LogP) is -0.144. The van der Waals surface area contributed by atoms with Crippen molar-refractivity contribution in [2.75, 3.05) is 7.11 Å². The van der Waals surface area contributed by atoms with Gasteiger partial charge >= 0.3 is 5.97 Å². The number of carboxylic acids is 1. The zero-order valence-electron chi connectivity index (χ0n) is 6.24. The minimum Gasteiger partial charge on any atom is -0.475 e. The highest BCUT2D eigenvalue weighted by Crippen LogP contribution is 2.11. The number of methoxy groups -OCH3 is 1. The molecule has 6 heteroatoms. The second-order valence-electron chi connectivity index (χ2n) is 2.04. The minimum atomic E-state index is -1.25. The van der Waals surface area contributed by atoms with Gasteiger partial charge in [-0.15, -0.1) is 0 Å². The maximum absolute atomic E-state index is 12.7. The summed E-state index contributed by atoms with van der Waals surface area (Å²) in [6.45, 7) is 0. The lowest BCUT2D eigenvalue weighted by Crippen LogP contribution is -2.33. The molecule has 0 radical (unpaired) electrons. The maximum Gasteiger partial charge on any atom is 0.371 e. The lowest BCUT2D eigenvalue weighted by Gasteiger charge is -2.14. The summed E-state index contributed by atoms with van der Waals surface area (Å²) in [5.74, 6) is -2.23. The Balaban J connectivity index is 2.79. The predicted molar refractivity (Wildman–Crippen MR) is 38.2 cm³/mol. The van der Waals surface area contributed by atoms with Gasteiger partial charge in [0.05, 0.1) is 0 Å². The Morgan fingerprint density at radius 1 is 1.92 bits per heavy atom. The molecule has 5 nitrogen and oxygen atoms in total. The van der Waals surface area contributed by atoms with Crippen LogP contribution >= 0.6 is 0 Å². The van der Waals surface area contributed by atoms with Gasteiger partial charge in [-0.2, -0.15) is 0 Å². The van der Waals surface area contributed by atoms with Gasteiger partial charge in [-0.3, -0.25) is 0 Å². The van der Waals surface area contributed by atoms with Crippen molar-refractivity contribution in [3.8, 4) is 0 Å². The van der Waals surface area contributed by atoms with Gasteiger partial charge in [0.1, 0.15) is 0 Å². The van der Waals surface area contributed by atoms with Gasteiger partial charge in [-0.05, 0) is 0 Å². The van der Waals surface area contributed by atoms with Crippen molar-refractivity contribution in [3.63, 3.8) is 0 Å². The largest absolute Gasteiger partial charge is 0.475 e. The van der Waals surface area contributed by atoms with Crippen LogP contribution in [0.15, 0.2) is 17.0 Å². The number of rotatable bonds is 2. The standard InChI is InChI=1S/C6H7FN2O3/c1-12-5-3(7)2-8-4(9-5)6(10)11/h2,5H,1H3,(H,8,9)(H,10,11). The summed E-state index contributed by atoms with van der Waals surface area (Å²) in [5, 5.41) is 10.6. The number of nitrogens with one attached hydrogen (secondary N) is 1. The van der Waals surface area contributed by atoms with Crippen LogP contribution in [0.4, 0.5) is 4.39 Å². The molecule has 0 bridgehead atoms. The third-order valence-corrected chi connectivity index (χ3v) is 1.25. The van der Waals surface area contributed by atoms with E-state index in [-0.39, 0.29) is 5.84 Å². The van der Waals surface area contributed by atoms with Crippen molar-refractivity contribution in [2.24, 2.45) is 4.99 Å². The Morgan fingerprint density at radius 2 is 2.58 bits per heavy atom. The number of aliphatic imine (C=N–C) groups is 1. The van der Waals surface area contributed by atoms with E-state index in [1.165, 1.54) is 7.11 Å². The molecule has 0 aliphatic carbocycles. The van der Waals surface area contributed by atoms with E-state index in [0.717, 1.165) is 6.20 Å². The molecule has 0 aromatic carbocycles. The number of halogens is 1.